The van der Waals surface area contributed by atoms with Crippen molar-refractivity contribution >= 4 is 11.2 Å². The molecule has 128 valence electrons. The first-order chi connectivity index (χ1) is 12.0. The van der Waals surface area contributed by atoms with Gasteiger partial charge in [0.15, 0.2) is 11.2 Å². The molecule has 0 bridgehead atoms. The van der Waals surface area contributed by atoms with Crippen LogP contribution in [0.4, 0.5) is 0 Å². The average Bonchev–Trinajstić information content (AvgIpc) is 3.06. The average molecular weight is 339 g/mol. The number of hydrogen-bond donors (Lipinski definition) is 0. The van der Waals surface area contributed by atoms with Crippen LogP contribution in [0.5, 0.6) is 5.75 Å². The highest BCUT2D eigenvalue weighted by atomic mass is 16.5. The Balaban J connectivity index is 1.71. The van der Waals surface area contributed by atoms with Gasteiger partial charge in [0.2, 0.25) is 0 Å². The molecule has 0 atom stereocenters. The Morgan fingerprint density at radius 2 is 1.88 bits per heavy atom. The third-order valence-electron chi connectivity index (χ3n) is 4.01. The lowest BCUT2D eigenvalue weighted by Crippen LogP contribution is -2.37. The number of benzene rings is 1. The summed E-state index contributed by atoms with van der Waals surface area (Å²) in [6, 6.07) is 8.94. The molecule has 2 heterocycles. The van der Waals surface area contributed by atoms with E-state index in [4.69, 9.17) is 10.00 Å². The van der Waals surface area contributed by atoms with Crippen molar-refractivity contribution in [2.45, 2.75) is 13.0 Å². The number of nitrogens with zero attached hydrogens (tertiary/aromatic N) is 5. The van der Waals surface area contributed by atoms with Gasteiger partial charge in [0, 0.05) is 20.6 Å². The van der Waals surface area contributed by atoms with Gasteiger partial charge in [-0.1, -0.05) is 0 Å². The molecule has 0 radical (unpaired) electrons. The van der Waals surface area contributed by atoms with E-state index < -0.39 is 5.69 Å². The van der Waals surface area contributed by atoms with Gasteiger partial charge in [0.25, 0.3) is 5.56 Å². The summed E-state index contributed by atoms with van der Waals surface area (Å²) in [6.07, 6.45) is 2.23. The molecule has 0 aliphatic heterocycles. The minimum atomic E-state index is -0.396. The highest BCUT2D eigenvalue weighted by molar-refractivity contribution is 5.69. The highest BCUT2D eigenvalue weighted by Gasteiger charge is 2.13. The summed E-state index contributed by atoms with van der Waals surface area (Å²) < 4.78 is 9.81. The molecule has 0 aliphatic carbocycles. The predicted molar refractivity (Wildman–Crippen MR) is 91.5 cm³/mol. The zero-order valence-electron chi connectivity index (χ0n) is 14.0. The van der Waals surface area contributed by atoms with Crippen LogP contribution in [0.1, 0.15) is 12.0 Å². The number of aromatic nitrogens is 4. The minimum absolute atomic E-state index is 0.358. The van der Waals surface area contributed by atoms with E-state index >= 15 is 0 Å². The Morgan fingerprint density at radius 1 is 1.16 bits per heavy atom. The lowest BCUT2D eigenvalue weighted by atomic mass is 10.2. The van der Waals surface area contributed by atoms with Crippen molar-refractivity contribution in [3.63, 3.8) is 0 Å². The molecular formula is C17H17N5O3. The SMILES string of the molecule is Cn1c(=O)c2c(ncn2CCCOc2ccc(C#N)cc2)n(C)c1=O. The van der Waals surface area contributed by atoms with E-state index in [9.17, 15) is 9.59 Å². The quantitative estimate of drug-likeness (QED) is 0.640. The number of fused-ring (bicyclic) bond motifs is 1. The van der Waals surface area contributed by atoms with E-state index in [-0.39, 0.29) is 5.56 Å². The van der Waals surface area contributed by atoms with Crippen molar-refractivity contribution in [2.75, 3.05) is 6.61 Å². The molecule has 8 nitrogen and oxygen atoms in total. The Bertz CT molecular complexity index is 1070. The summed E-state index contributed by atoms with van der Waals surface area (Å²) in [7, 11) is 3.05. The number of nitriles is 1. The lowest BCUT2D eigenvalue weighted by molar-refractivity contribution is 0.302. The summed E-state index contributed by atoms with van der Waals surface area (Å²) >= 11 is 0. The van der Waals surface area contributed by atoms with Crippen LogP contribution in [0.2, 0.25) is 0 Å². The van der Waals surface area contributed by atoms with Crippen molar-refractivity contribution in [1.29, 1.82) is 5.26 Å². The molecule has 25 heavy (non-hydrogen) atoms. The van der Waals surface area contributed by atoms with E-state index in [1.165, 1.54) is 11.6 Å². The van der Waals surface area contributed by atoms with Crippen LogP contribution in [-0.2, 0) is 20.6 Å². The van der Waals surface area contributed by atoms with Crippen LogP contribution in [-0.4, -0.2) is 25.3 Å². The molecule has 0 fully saturated rings. The molecule has 1 aromatic carbocycles. The maximum atomic E-state index is 12.3. The number of hydrogen-bond acceptors (Lipinski definition) is 5. The first-order valence-corrected chi connectivity index (χ1v) is 7.76. The van der Waals surface area contributed by atoms with Gasteiger partial charge in [0.05, 0.1) is 24.6 Å². The Labute approximate surface area is 143 Å². The summed E-state index contributed by atoms with van der Waals surface area (Å²) in [6.45, 7) is 0.998. The second-order valence-corrected chi connectivity index (χ2v) is 5.65. The van der Waals surface area contributed by atoms with Crippen LogP contribution >= 0.6 is 0 Å². The molecule has 0 amide bonds. The Hall–Kier alpha value is -3.34. The van der Waals surface area contributed by atoms with Gasteiger partial charge in [-0.3, -0.25) is 13.9 Å². The molecule has 8 heteroatoms. The first-order valence-electron chi connectivity index (χ1n) is 7.76. The van der Waals surface area contributed by atoms with Crippen LogP contribution in [0.25, 0.3) is 11.2 Å². The predicted octanol–water partition coefficient (Wildman–Crippen LogP) is 0.774. The van der Waals surface area contributed by atoms with Crippen LogP contribution in [0.15, 0.2) is 40.2 Å². The van der Waals surface area contributed by atoms with Gasteiger partial charge in [-0.15, -0.1) is 0 Å². The van der Waals surface area contributed by atoms with E-state index in [1.54, 1.807) is 42.2 Å². The second-order valence-electron chi connectivity index (χ2n) is 5.65. The largest absolute Gasteiger partial charge is 0.494 e. The number of aryl methyl sites for hydroxylation is 2. The molecule has 0 saturated carbocycles. The molecule has 3 rings (SSSR count). The first kappa shape index (κ1) is 16.5. The second kappa shape index (κ2) is 6.65. The normalized spacial score (nSPS) is 10.8. The Kier molecular flexibility index (Phi) is 4.39. The van der Waals surface area contributed by atoms with Gasteiger partial charge in [-0.2, -0.15) is 5.26 Å². The minimum Gasteiger partial charge on any atom is -0.494 e. The topological polar surface area (TPSA) is 94.8 Å². The molecule has 0 unspecified atom stereocenters. The molecule has 0 aliphatic rings. The van der Waals surface area contributed by atoms with E-state index in [2.05, 4.69) is 11.1 Å². The maximum Gasteiger partial charge on any atom is 0.332 e. The summed E-state index contributed by atoms with van der Waals surface area (Å²) in [5.41, 5.74) is 0.610. The van der Waals surface area contributed by atoms with Crippen molar-refractivity contribution in [1.82, 2.24) is 18.7 Å². The van der Waals surface area contributed by atoms with Crippen molar-refractivity contribution in [3.8, 4) is 11.8 Å². The molecule has 0 spiro atoms. The number of rotatable bonds is 5. The Morgan fingerprint density at radius 3 is 2.56 bits per heavy atom. The lowest BCUT2D eigenvalue weighted by Gasteiger charge is -2.08. The molecule has 0 N–H and O–H groups in total. The van der Waals surface area contributed by atoms with Gasteiger partial charge < -0.3 is 9.30 Å². The van der Waals surface area contributed by atoms with Crippen molar-refractivity contribution in [3.05, 3.63) is 57.0 Å². The third-order valence-corrected chi connectivity index (χ3v) is 4.01. The molecule has 0 saturated heterocycles. The summed E-state index contributed by atoms with van der Waals surface area (Å²) in [4.78, 5) is 28.4. The third kappa shape index (κ3) is 3.04. The molecular weight excluding hydrogens is 322 g/mol. The number of imidazole rings is 1. The van der Waals surface area contributed by atoms with Crippen LogP contribution in [0, 0.1) is 11.3 Å². The summed E-state index contributed by atoms with van der Waals surface area (Å²) in [5.74, 6) is 0.688. The smallest absolute Gasteiger partial charge is 0.332 e. The van der Waals surface area contributed by atoms with Gasteiger partial charge in [-0.25, -0.2) is 9.78 Å². The zero-order chi connectivity index (χ0) is 18.0. The fourth-order valence-corrected chi connectivity index (χ4v) is 2.62. The maximum absolute atomic E-state index is 12.3. The zero-order valence-corrected chi connectivity index (χ0v) is 14.0. The number of ether oxygens (including phenoxy) is 1. The molecule has 3 aromatic rings. The molecule has 2 aromatic heterocycles. The summed E-state index contributed by atoms with van der Waals surface area (Å²) in [5, 5.41) is 8.77. The van der Waals surface area contributed by atoms with E-state index in [1.807, 2.05) is 0 Å². The van der Waals surface area contributed by atoms with Gasteiger partial charge >= 0.3 is 5.69 Å². The van der Waals surface area contributed by atoms with E-state index in [0.717, 1.165) is 4.57 Å². The fourth-order valence-electron chi connectivity index (χ4n) is 2.62. The van der Waals surface area contributed by atoms with Crippen LogP contribution < -0.4 is 16.0 Å². The highest BCUT2D eigenvalue weighted by Crippen LogP contribution is 2.12. The standard InChI is InChI=1S/C17H17N5O3/c1-20-15-14(16(23)21(2)17(20)24)22(11-19-15)8-3-9-25-13-6-4-12(10-18)5-7-13/h4-7,11H,3,8-9H2,1-2H3. The van der Waals surface area contributed by atoms with Gasteiger partial charge in [0.1, 0.15) is 5.75 Å². The van der Waals surface area contributed by atoms with Crippen molar-refractivity contribution < 1.29 is 4.74 Å². The monoisotopic (exact) mass is 339 g/mol. The van der Waals surface area contributed by atoms with Crippen molar-refractivity contribution in [2.24, 2.45) is 14.1 Å². The van der Waals surface area contributed by atoms with Gasteiger partial charge in [-0.05, 0) is 30.7 Å². The van der Waals surface area contributed by atoms with E-state index in [0.29, 0.717) is 42.0 Å². The fraction of sp³-hybridized carbons (Fsp3) is 0.294. The van der Waals surface area contributed by atoms with Crippen LogP contribution in [0.3, 0.4) is 0 Å².